The third-order valence-corrected chi connectivity index (χ3v) is 5.08. The van der Waals surface area contributed by atoms with Gasteiger partial charge in [-0.3, -0.25) is 9.97 Å². The first-order valence-electron chi connectivity index (χ1n) is 9.25. The van der Waals surface area contributed by atoms with Crippen LogP contribution in [0.25, 0.3) is 0 Å². The van der Waals surface area contributed by atoms with E-state index in [1.165, 1.54) is 0 Å². The summed E-state index contributed by atoms with van der Waals surface area (Å²) in [6.45, 7) is 0. The largest absolute Gasteiger partial charge is 0.398 e. The minimum absolute atomic E-state index is 0.125. The van der Waals surface area contributed by atoms with Crippen LogP contribution in [0, 0.1) is 0 Å². The fraction of sp³-hybridized carbons (Fsp3) is 0.130. The van der Waals surface area contributed by atoms with Crippen LogP contribution in [0.2, 0.25) is 0 Å². The van der Waals surface area contributed by atoms with Crippen molar-refractivity contribution in [2.24, 2.45) is 11.5 Å². The van der Waals surface area contributed by atoms with Gasteiger partial charge < -0.3 is 16.8 Å². The highest BCUT2D eigenvalue weighted by atomic mass is 15.1. The van der Waals surface area contributed by atoms with Gasteiger partial charge in [-0.15, -0.1) is 0 Å². The molecule has 1 unspecified atom stereocenters. The van der Waals surface area contributed by atoms with E-state index in [9.17, 15) is 0 Å². The molecule has 140 valence electrons. The summed E-state index contributed by atoms with van der Waals surface area (Å²) in [7, 11) is 0. The molecular formula is C23H23N5. The van der Waals surface area contributed by atoms with Crippen LogP contribution in [0.15, 0.2) is 97.4 Å². The Morgan fingerprint density at radius 3 is 2.18 bits per heavy atom. The first-order valence-corrected chi connectivity index (χ1v) is 9.25. The van der Waals surface area contributed by atoms with E-state index >= 15 is 0 Å². The monoisotopic (exact) mass is 369 g/mol. The van der Waals surface area contributed by atoms with Crippen LogP contribution in [-0.4, -0.2) is 9.97 Å². The molecule has 3 heterocycles. The smallest absolute Gasteiger partial charge is 0.132 e. The minimum Gasteiger partial charge on any atom is -0.398 e. The number of rotatable bonds is 5. The van der Waals surface area contributed by atoms with Gasteiger partial charge in [-0.1, -0.05) is 36.4 Å². The number of dihydropyridines is 1. The molecule has 0 aliphatic carbocycles. The molecule has 5 nitrogen and oxygen atoms in total. The zero-order valence-corrected chi connectivity index (χ0v) is 15.5. The van der Waals surface area contributed by atoms with E-state index in [1.54, 1.807) is 18.6 Å². The lowest BCUT2D eigenvalue weighted by Crippen LogP contribution is -2.48. The van der Waals surface area contributed by atoms with Crippen molar-refractivity contribution in [3.63, 3.8) is 0 Å². The highest BCUT2D eigenvalue weighted by Gasteiger charge is 2.28. The standard InChI is InChI=1S/C23H23N5/c24-20-9-10-23(25,28-16-20)22-8-2-1-5-17(22)13-21(18-6-3-11-26-14-18)19-7-4-12-27-15-19/h1-12,14-16,21,28H,13,24-25H2. The van der Waals surface area contributed by atoms with E-state index in [2.05, 4.69) is 39.6 Å². The normalized spacial score (nSPS) is 18.6. The first kappa shape index (κ1) is 17.9. The lowest BCUT2D eigenvalue weighted by Gasteiger charge is -2.32. The summed E-state index contributed by atoms with van der Waals surface area (Å²) in [6.07, 6.45) is 13.7. The number of allylic oxidation sites excluding steroid dienone is 1. The van der Waals surface area contributed by atoms with Crippen molar-refractivity contribution in [3.05, 3.63) is 120 Å². The zero-order valence-electron chi connectivity index (χ0n) is 15.5. The van der Waals surface area contributed by atoms with Crippen LogP contribution in [0.1, 0.15) is 28.2 Å². The van der Waals surface area contributed by atoms with Crippen LogP contribution in [-0.2, 0) is 12.1 Å². The fourth-order valence-electron chi connectivity index (χ4n) is 3.61. The maximum Gasteiger partial charge on any atom is 0.132 e. The highest BCUT2D eigenvalue weighted by molar-refractivity contribution is 5.42. The van der Waals surface area contributed by atoms with Crippen molar-refractivity contribution in [1.82, 2.24) is 15.3 Å². The molecule has 0 saturated carbocycles. The SMILES string of the molecule is NC1=CNC(N)(c2ccccc2CC(c2cccnc2)c2cccnc2)C=C1. The molecule has 0 amide bonds. The van der Waals surface area contributed by atoms with Crippen molar-refractivity contribution < 1.29 is 0 Å². The molecule has 0 spiro atoms. The molecule has 28 heavy (non-hydrogen) atoms. The van der Waals surface area contributed by atoms with Gasteiger partial charge in [0.25, 0.3) is 0 Å². The van der Waals surface area contributed by atoms with E-state index in [0.29, 0.717) is 5.70 Å². The Kier molecular flexibility index (Phi) is 4.91. The van der Waals surface area contributed by atoms with Gasteiger partial charge in [-0.2, -0.15) is 0 Å². The zero-order chi connectivity index (χ0) is 19.4. The number of pyridine rings is 2. The summed E-state index contributed by atoms with van der Waals surface area (Å²) in [5.74, 6) is 0.125. The van der Waals surface area contributed by atoms with Gasteiger partial charge in [-0.25, -0.2) is 0 Å². The highest BCUT2D eigenvalue weighted by Crippen LogP contribution is 2.32. The number of hydrogen-bond acceptors (Lipinski definition) is 5. The van der Waals surface area contributed by atoms with Gasteiger partial charge in [0.2, 0.25) is 0 Å². The Morgan fingerprint density at radius 2 is 1.61 bits per heavy atom. The number of benzene rings is 1. The van der Waals surface area contributed by atoms with E-state index < -0.39 is 5.66 Å². The Bertz CT molecular complexity index is 958. The number of nitrogens with one attached hydrogen (secondary N) is 1. The Balaban J connectivity index is 1.74. The number of nitrogens with two attached hydrogens (primary N) is 2. The average molecular weight is 369 g/mol. The van der Waals surface area contributed by atoms with Gasteiger partial charge in [0.15, 0.2) is 0 Å². The molecule has 0 saturated heterocycles. The average Bonchev–Trinajstić information content (AvgIpc) is 2.76. The molecule has 1 aliphatic heterocycles. The van der Waals surface area contributed by atoms with Gasteiger partial charge >= 0.3 is 0 Å². The van der Waals surface area contributed by atoms with Crippen molar-refractivity contribution in [1.29, 1.82) is 0 Å². The third-order valence-electron chi connectivity index (χ3n) is 5.08. The molecular weight excluding hydrogens is 346 g/mol. The van der Waals surface area contributed by atoms with E-state index in [4.69, 9.17) is 11.5 Å². The Morgan fingerprint density at radius 1 is 0.929 bits per heavy atom. The third kappa shape index (κ3) is 3.66. The van der Waals surface area contributed by atoms with Gasteiger partial charge in [-0.05, 0) is 53.0 Å². The van der Waals surface area contributed by atoms with Crippen LogP contribution < -0.4 is 16.8 Å². The maximum atomic E-state index is 6.67. The predicted octanol–water partition coefficient (Wildman–Crippen LogP) is 2.92. The Hall–Kier alpha value is -3.44. The first-order chi connectivity index (χ1) is 13.7. The van der Waals surface area contributed by atoms with Crippen molar-refractivity contribution in [2.45, 2.75) is 18.0 Å². The second-order valence-corrected chi connectivity index (χ2v) is 6.98. The second kappa shape index (κ2) is 7.66. The van der Waals surface area contributed by atoms with Crippen LogP contribution >= 0.6 is 0 Å². The molecule has 1 aliphatic rings. The van der Waals surface area contributed by atoms with Crippen molar-refractivity contribution in [3.8, 4) is 0 Å². The molecule has 2 aromatic heterocycles. The van der Waals surface area contributed by atoms with Crippen molar-refractivity contribution in [2.75, 3.05) is 0 Å². The summed E-state index contributed by atoms with van der Waals surface area (Å²) < 4.78 is 0. The molecule has 0 bridgehead atoms. The Labute approximate surface area is 164 Å². The molecule has 1 aromatic carbocycles. The molecule has 3 aromatic rings. The van der Waals surface area contributed by atoms with Crippen LogP contribution in [0.4, 0.5) is 0 Å². The number of hydrogen-bond donors (Lipinski definition) is 3. The summed E-state index contributed by atoms with van der Waals surface area (Å²) in [6, 6.07) is 16.4. The second-order valence-electron chi connectivity index (χ2n) is 6.98. The lowest BCUT2D eigenvalue weighted by molar-refractivity contribution is 0.485. The summed E-state index contributed by atoms with van der Waals surface area (Å²) in [5.41, 5.74) is 16.9. The van der Waals surface area contributed by atoms with Gasteiger partial charge in [0.05, 0.1) is 0 Å². The molecule has 4 rings (SSSR count). The van der Waals surface area contributed by atoms with Gasteiger partial charge in [0, 0.05) is 42.6 Å². The van der Waals surface area contributed by atoms with Gasteiger partial charge in [0.1, 0.15) is 5.66 Å². The van der Waals surface area contributed by atoms with E-state index in [1.807, 2.05) is 48.8 Å². The summed E-state index contributed by atoms with van der Waals surface area (Å²) in [4.78, 5) is 8.63. The maximum absolute atomic E-state index is 6.67. The molecule has 1 atom stereocenters. The summed E-state index contributed by atoms with van der Waals surface area (Å²) >= 11 is 0. The lowest BCUT2D eigenvalue weighted by atomic mass is 9.83. The van der Waals surface area contributed by atoms with Crippen LogP contribution in [0.5, 0.6) is 0 Å². The summed E-state index contributed by atoms with van der Waals surface area (Å²) in [5, 5.41) is 3.23. The van der Waals surface area contributed by atoms with E-state index in [0.717, 1.165) is 28.7 Å². The minimum atomic E-state index is -0.798. The molecule has 0 fully saturated rings. The predicted molar refractivity (Wildman–Crippen MR) is 111 cm³/mol. The molecule has 5 N–H and O–H groups in total. The van der Waals surface area contributed by atoms with E-state index in [-0.39, 0.29) is 5.92 Å². The van der Waals surface area contributed by atoms with Crippen LogP contribution in [0.3, 0.4) is 0 Å². The fourth-order valence-corrected chi connectivity index (χ4v) is 3.61. The van der Waals surface area contributed by atoms with Crippen molar-refractivity contribution >= 4 is 0 Å². The quantitative estimate of drug-likeness (QED) is 0.643. The molecule has 5 heteroatoms. The number of aromatic nitrogens is 2. The molecule has 0 radical (unpaired) electrons. The topological polar surface area (TPSA) is 89.8 Å². The number of nitrogens with zero attached hydrogens (tertiary/aromatic N) is 2.